The molecule has 150 valence electrons. The lowest BCUT2D eigenvalue weighted by molar-refractivity contribution is 0.00721. The predicted molar refractivity (Wildman–Crippen MR) is 105 cm³/mol. The molecule has 2 aromatic heterocycles. The molecule has 1 aliphatic rings. The molecular formula is C14H24Cl3N5O3S. The summed E-state index contributed by atoms with van der Waals surface area (Å²) < 4.78 is 6.71. The number of methoxy groups -OCH3 is 1. The van der Waals surface area contributed by atoms with Gasteiger partial charge in [0.1, 0.15) is 10.7 Å². The lowest BCUT2D eigenvalue weighted by Crippen LogP contribution is -2.39. The normalized spacial score (nSPS) is 24.4. The van der Waals surface area contributed by atoms with Crippen LogP contribution in [0.4, 0.5) is 0 Å². The Balaban J connectivity index is 0.00000208. The van der Waals surface area contributed by atoms with Gasteiger partial charge in [-0.15, -0.1) is 53.7 Å². The van der Waals surface area contributed by atoms with Crippen LogP contribution in [0.3, 0.4) is 0 Å². The van der Waals surface area contributed by atoms with E-state index in [-0.39, 0.29) is 49.2 Å². The molecule has 3 N–H and O–H groups in total. The second-order valence-electron chi connectivity index (χ2n) is 5.76. The first-order valence-electron chi connectivity index (χ1n) is 7.53. The minimum Gasteiger partial charge on any atom is -0.390 e. The molecule has 0 saturated heterocycles. The molecule has 0 bridgehead atoms. The van der Waals surface area contributed by atoms with Crippen molar-refractivity contribution in [3.8, 4) is 0 Å². The fourth-order valence-electron chi connectivity index (χ4n) is 2.95. The molecule has 0 spiro atoms. The molecule has 1 aliphatic carbocycles. The van der Waals surface area contributed by atoms with Crippen LogP contribution >= 0.6 is 48.6 Å². The van der Waals surface area contributed by atoms with Gasteiger partial charge in [0, 0.05) is 43.7 Å². The summed E-state index contributed by atoms with van der Waals surface area (Å²) in [5, 5.41) is 34.7. The zero-order valence-corrected chi connectivity index (χ0v) is 17.4. The van der Waals surface area contributed by atoms with Gasteiger partial charge in [0.2, 0.25) is 0 Å². The maximum Gasteiger partial charge on any atom is 0.108 e. The maximum absolute atomic E-state index is 10.3. The van der Waals surface area contributed by atoms with Crippen LogP contribution < -0.4 is 5.32 Å². The molecule has 0 unspecified atom stereocenters. The Morgan fingerprint density at radius 2 is 2.08 bits per heavy atom. The Morgan fingerprint density at radius 1 is 1.31 bits per heavy atom. The third-order valence-electron chi connectivity index (χ3n) is 4.10. The first-order valence-corrected chi connectivity index (χ1v) is 8.41. The minimum absolute atomic E-state index is 0. The molecule has 8 nitrogen and oxygen atoms in total. The fraction of sp³-hybridized carbons (Fsp3) is 0.643. The number of hydrogen-bond acceptors (Lipinski definition) is 8. The Morgan fingerprint density at radius 3 is 2.73 bits per heavy atom. The summed E-state index contributed by atoms with van der Waals surface area (Å²) >= 11 is 1.57. The Bertz CT molecular complexity index is 619. The minimum atomic E-state index is -0.790. The van der Waals surface area contributed by atoms with Crippen molar-refractivity contribution in [1.82, 2.24) is 25.3 Å². The van der Waals surface area contributed by atoms with Gasteiger partial charge in [-0.3, -0.25) is 4.68 Å². The average Bonchev–Trinajstić information content (AvgIpc) is 3.25. The van der Waals surface area contributed by atoms with Gasteiger partial charge < -0.3 is 20.3 Å². The standard InChI is InChI=1S/C14H21N5O3S.3ClH/c1-22-8-10-7-19(18-17-10)6-9-4-11(14(21)13(9)20)16-5-12-15-2-3-23-12;;;/h2-3,7,9,11,13-14,16,20-21H,4-6,8H2,1H3;3*1H/t9-,11-,13-,14+;;;/m1.../s1. The number of aliphatic hydroxyl groups excluding tert-OH is 2. The lowest BCUT2D eigenvalue weighted by atomic mass is 10.1. The molecule has 26 heavy (non-hydrogen) atoms. The molecule has 0 aliphatic heterocycles. The number of aliphatic hydroxyl groups is 2. The molecule has 2 heterocycles. The maximum atomic E-state index is 10.3. The van der Waals surface area contributed by atoms with Crippen LogP contribution in [0.15, 0.2) is 17.8 Å². The van der Waals surface area contributed by atoms with Crippen molar-refractivity contribution in [3.05, 3.63) is 28.5 Å². The number of hydrogen-bond donors (Lipinski definition) is 3. The van der Waals surface area contributed by atoms with Crippen molar-refractivity contribution in [2.45, 2.75) is 44.4 Å². The molecular weight excluding hydrogens is 425 g/mol. The van der Waals surface area contributed by atoms with Crippen molar-refractivity contribution < 1.29 is 14.9 Å². The second kappa shape index (κ2) is 12.0. The van der Waals surface area contributed by atoms with Crippen molar-refractivity contribution >= 4 is 48.6 Å². The molecule has 0 aromatic carbocycles. The van der Waals surface area contributed by atoms with E-state index in [9.17, 15) is 10.2 Å². The third kappa shape index (κ3) is 6.28. The monoisotopic (exact) mass is 447 g/mol. The van der Waals surface area contributed by atoms with E-state index in [0.717, 1.165) is 10.7 Å². The first-order chi connectivity index (χ1) is 11.2. The lowest BCUT2D eigenvalue weighted by Gasteiger charge is -2.17. The van der Waals surface area contributed by atoms with Gasteiger partial charge >= 0.3 is 0 Å². The van der Waals surface area contributed by atoms with E-state index < -0.39 is 12.2 Å². The number of thiazole rings is 1. The number of nitrogens with one attached hydrogen (secondary N) is 1. The van der Waals surface area contributed by atoms with Crippen molar-refractivity contribution in [2.75, 3.05) is 7.11 Å². The van der Waals surface area contributed by atoms with Crippen molar-refractivity contribution in [3.63, 3.8) is 0 Å². The number of ether oxygens (including phenoxy) is 1. The van der Waals surface area contributed by atoms with Crippen LogP contribution in [0.1, 0.15) is 17.1 Å². The largest absolute Gasteiger partial charge is 0.390 e. The van der Waals surface area contributed by atoms with Crippen molar-refractivity contribution in [1.29, 1.82) is 0 Å². The average molecular weight is 449 g/mol. The SMILES string of the molecule is COCc1cn(C[C@H]2C[C@@H](NCc3nccs3)[C@H](O)[C@@H]2O)nn1.Cl.Cl.Cl. The zero-order valence-electron chi connectivity index (χ0n) is 14.1. The van der Waals surface area contributed by atoms with Gasteiger partial charge in [-0.25, -0.2) is 4.98 Å². The molecule has 2 aromatic rings. The molecule has 4 atom stereocenters. The van der Waals surface area contributed by atoms with Crippen molar-refractivity contribution in [2.24, 2.45) is 5.92 Å². The Hall–Kier alpha value is -0.520. The highest BCUT2D eigenvalue weighted by molar-refractivity contribution is 7.09. The van der Waals surface area contributed by atoms with Crippen LogP contribution in [0.5, 0.6) is 0 Å². The smallest absolute Gasteiger partial charge is 0.108 e. The molecule has 0 amide bonds. The van der Waals surface area contributed by atoms with E-state index in [1.165, 1.54) is 0 Å². The number of aromatic nitrogens is 4. The van der Waals surface area contributed by atoms with E-state index >= 15 is 0 Å². The van der Waals surface area contributed by atoms with Gasteiger partial charge in [-0.1, -0.05) is 5.21 Å². The molecule has 1 fully saturated rings. The second-order valence-corrected chi connectivity index (χ2v) is 6.73. The van der Waals surface area contributed by atoms with Crippen LogP contribution in [0.2, 0.25) is 0 Å². The molecule has 3 rings (SSSR count). The molecule has 1 saturated carbocycles. The molecule has 0 radical (unpaired) electrons. The summed E-state index contributed by atoms with van der Waals surface area (Å²) in [6.07, 6.45) is 2.67. The molecule has 12 heteroatoms. The fourth-order valence-corrected chi connectivity index (χ4v) is 3.52. The highest BCUT2D eigenvalue weighted by Gasteiger charge is 2.41. The van der Waals surface area contributed by atoms with Gasteiger partial charge in [0.05, 0.1) is 25.0 Å². The topological polar surface area (TPSA) is 105 Å². The number of rotatable bonds is 7. The van der Waals surface area contributed by atoms with E-state index in [2.05, 4.69) is 20.6 Å². The van der Waals surface area contributed by atoms with Crippen LogP contribution in [-0.4, -0.2) is 55.6 Å². The van der Waals surface area contributed by atoms with Gasteiger partial charge in [-0.05, 0) is 6.42 Å². The zero-order chi connectivity index (χ0) is 16.2. The van der Waals surface area contributed by atoms with E-state index in [4.69, 9.17) is 4.74 Å². The number of nitrogens with zero attached hydrogens (tertiary/aromatic N) is 4. The van der Waals surface area contributed by atoms with Crippen LogP contribution in [0.25, 0.3) is 0 Å². The highest BCUT2D eigenvalue weighted by Crippen LogP contribution is 2.28. The first kappa shape index (κ1) is 25.5. The number of halogens is 3. The Kier molecular flexibility index (Phi) is 11.8. The predicted octanol–water partition coefficient (Wildman–Crippen LogP) is 1.05. The highest BCUT2D eigenvalue weighted by atomic mass is 35.5. The van der Waals surface area contributed by atoms with Crippen LogP contribution in [0, 0.1) is 5.92 Å². The van der Waals surface area contributed by atoms with E-state index in [0.29, 0.717) is 26.1 Å². The van der Waals surface area contributed by atoms with Gasteiger partial charge in [-0.2, -0.15) is 0 Å². The van der Waals surface area contributed by atoms with Gasteiger partial charge in [0.25, 0.3) is 0 Å². The van der Waals surface area contributed by atoms with Crippen LogP contribution in [-0.2, 0) is 24.4 Å². The summed E-state index contributed by atoms with van der Waals surface area (Å²) in [6.45, 7) is 1.53. The Labute approximate surface area is 174 Å². The summed E-state index contributed by atoms with van der Waals surface area (Å²) in [7, 11) is 1.61. The summed E-state index contributed by atoms with van der Waals surface area (Å²) in [6, 6.07) is -0.152. The van der Waals surface area contributed by atoms with Gasteiger partial charge in [0.15, 0.2) is 0 Å². The summed E-state index contributed by atoms with van der Waals surface area (Å²) in [5.41, 5.74) is 0.749. The van der Waals surface area contributed by atoms with E-state index in [1.807, 2.05) is 5.38 Å². The summed E-state index contributed by atoms with van der Waals surface area (Å²) in [4.78, 5) is 4.21. The quantitative estimate of drug-likeness (QED) is 0.581. The van der Waals surface area contributed by atoms with E-state index in [1.54, 1.807) is 35.5 Å². The summed E-state index contributed by atoms with van der Waals surface area (Å²) in [5.74, 6) is -0.0733. The third-order valence-corrected chi connectivity index (χ3v) is 4.88.